The summed E-state index contributed by atoms with van der Waals surface area (Å²) < 4.78 is 38.9. The summed E-state index contributed by atoms with van der Waals surface area (Å²) >= 11 is 0. The highest BCUT2D eigenvalue weighted by atomic mass is 19.1. The van der Waals surface area contributed by atoms with Crippen molar-refractivity contribution in [3.05, 3.63) is 71.3 Å². The Morgan fingerprint density at radius 2 is 0.932 bits per heavy atom. The van der Waals surface area contributed by atoms with Crippen LogP contribution >= 0.6 is 0 Å². The fourth-order valence-electron chi connectivity index (χ4n) is 5.02. The standard InChI is InChI=1S/C34H46F2N2O6/c1-9-25(37-7)19-27(39)33(3,4)29(21-11-15-23(35)16-12-21)43-31(41)32(42)44-30(22-13-17-24(36)18-14-22)34(5,6)28(40)20-26(10-2)38-8/h11-18,25-26,29-30,37-38H,9-10,19-20H2,1-8H3. The van der Waals surface area contributed by atoms with Crippen molar-refractivity contribution in [3.8, 4) is 0 Å². The van der Waals surface area contributed by atoms with Crippen molar-refractivity contribution in [2.24, 2.45) is 10.8 Å². The summed E-state index contributed by atoms with van der Waals surface area (Å²) in [5.74, 6) is -4.31. The molecule has 0 aromatic heterocycles. The molecule has 8 nitrogen and oxygen atoms in total. The van der Waals surface area contributed by atoms with Crippen LogP contribution in [-0.2, 0) is 28.7 Å². The number of ketones is 2. The minimum atomic E-state index is -1.39. The van der Waals surface area contributed by atoms with E-state index >= 15 is 0 Å². The fourth-order valence-corrected chi connectivity index (χ4v) is 5.02. The lowest BCUT2D eigenvalue weighted by Crippen LogP contribution is -2.41. The van der Waals surface area contributed by atoms with E-state index in [0.717, 1.165) is 0 Å². The van der Waals surface area contributed by atoms with Crippen LogP contribution in [0, 0.1) is 22.5 Å². The first-order valence-electron chi connectivity index (χ1n) is 15.0. The van der Waals surface area contributed by atoms with Gasteiger partial charge in [0.1, 0.15) is 35.4 Å². The molecule has 0 aliphatic carbocycles. The van der Waals surface area contributed by atoms with Crippen molar-refractivity contribution in [2.45, 2.75) is 91.5 Å². The summed E-state index contributed by atoms with van der Waals surface area (Å²) in [4.78, 5) is 53.6. The second kappa shape index (κ2) is 16.0. The third kappa shape index (κ3) is 9.25. The summed E-state index contributed by atoms with van der Waals surface area (Å²) in [5.41, 5.74) is -2.00. The maximum atomic E-state index is 13.8. The first-order chi connectivity index (χ1) is 20.6. The van der Waals surface area contributed by atoms with Crippen molar-refractivity contribution in [1.82, 2.24) is 10.6 Å². The first-order valence-corrected chi connectivity index (χ1v) is 15.0. The predicted octanol–water partition coefficient (Wildman–Crippen LogP) is 5.80. The van der Waals surface area contributed by atoms with Crippen molar-refractivity contribution in [2.75, 3.05) is 14.1 Å². The van der Waals surface area contributed by atoms with Crippen molar-refractivity contribution in [1.29, 1.82) is 0 Å². The Morgan fingerprint density at radius 1 is 0.636 bits per heavy atom. The molecule has 2 aromatic rings. The van der Waals surface area contributed by atoms with Crippen molar-refractivity contribution >= 4 is 23.5 Å². The molecule has 0 spiro atoms. The Hall–Kier alpha value is -3.50. The van der Waals surface area contributed by atoms with E-state index in [2.05, 4.69) is 10.6 Å². The third-order valence-electron chi connectivity index (χ3n) is 8.38. The van der Waals surface area contributed by atoms with E-state index in [4.69, 9.17) is 9.47 Å². The van der Waals surface area contributed by atoms with Gasteiger partial charge >= 0.3 is 11.9 Å². The van der Waals surface area contributed by atoms with Crippen LogP contribution in [-0.4, -0.2) is 49.7 Å². The maximum absolute atomic E-state index is 13.8. The highest BCUT2D eigenvalue weighted by Crippen LogP contribution is 2.41. The minimum absolute atomic E-state index is 0.122. The molecule has 10 heteroatoms. The number of esters is 2. The lowest BCUT2D eigenvalue weighted by molar-refractivity contribution is -0.183. The van der Waals surface area contributed by atoms with Gasteiger partial charge in [-0.15, -0.1) is 0 Å². The zero-order valence-corrected chi connectivity index (χ0v) is 27.0. The lowest BCUT2D eigenvalue weighted by atomic mass is 9.76. The number of benzene rings is 2. The smallest absolute Gasteiger partial charge is 0.418 e. The van der Waals surface area contributed by atoms with Gasteiger partial charge in [0.2, 0.25) is 0 Å². The molecule has 0 aliphatic rings. The maximum Gasteiger partial charge on any atom is 0.418 e. The van der Waals surface area contributed by atoms with E-state index in [1.165, 1.54) is 48.5 Å². The summed E-state index contributed by atoms with van der Waals surface area (Å²) in [6.45, 7) is 10.2. The molecule has 2 aromatic carbocycles. The Balaban J connectivity index is 2.44. The van der Waals surface area contributed by atoms with Gasteiger partial charge in [-0.05, 0) is 90.0 Å². The van der Waals surface area contributed by atoms with Gasteiger partial charge in [0.15, 0.2) is 0 Å². The molecule has 2 N–H and O–H groups in total. The molecule has 44 heavy (non-hydrogen) atoms. The molecule has 0 amide bonds. The molecule has 0 fully saturated rings. The largest absolute Gasteiger partial charge is 0.448 e. The quantitative estimate of drug-likeness (QED) is 0.180. The molecule has 0 radical (unpaired) electrons. The molecule has 4 unspecified atom stereocenters. The van der Waals surface area contributed by atoms with Crippen LogP contribution in [0.3, 0.4) is 0 Å². The normalized spacial score (nSPS) is 14.7. The Bertz CT molecular complexity index is 1170. The van der Waals surface area contributed by atoms with Crippen LogP contribution in [0.1, 0.15) is 90.6 Å². The second-order valence-electron chi connectivity index (χ2n) is 12.2. The topological polar surface area (TPSA) is 111 Å². The van der Waals surface area contributed by atoms with Crippen LogP contribution in [0.15, 0.2) is 48.5 Å². The first kappa shape index (κ1) is 36.7. The molecule has 0 bridgehead atoms. The molecule has 242 valence electrons. The zero-order valence-electron chi connectivity index (χ0n) is 27.0. The average molecular weight is 617 g/mol. The zero-order chi connectivity index (χ0) is 33.2. The Labute approximate surface area is 259 Å². The van der Waals surface area contributed by atoms with Crippen LogP contribution < -0.4 is 10.6 Å². The van der Waals surface area contributed by atoms with Gasteiger partial charge in [-0.2, -0.15) is 0 Å². The summed E-state index contributed by atoms with van der Waals surface area (Å²) in [6, 6.07) is 9.99. The number of halogens is 2. The second-order valence-corrected chi connectivity index (χ2v) is 12.2. The van der Waals surface area contributed by atoms with Gasteiger partial charge in [-0.25, -0.2) is 18.4 Å². The molecule has 0 saturated heterocycles. The van der Waals surface area contributed by atoms with E-state index in [-0.39, 0.29) is 36.5 Å². The molecule has 4 atom stereocenters. The number of Topliss-reactive ketones (excluding diaryl/α,β-unsaturated/α-hetero) is 2. The highest BCUT2D eigenvalue weighted by Gasteiger charge is 2.45. The van der Waals surface area contributed by atoms with E-state index in [1.54, 1.807) is 41.8 Å². The summed E-state index contributed by atoms with van der Waals surface area (Å²) in [7, 11) is 3.49. The fraction of sp³-hybridized carbons (Fsp3) is 0.529. The number of hydrogen-bond donors (Lipinski definition) is 2. The van der Waals surface area contributed by atoms with E-state index < -0.39 is 46.6 Å². The number of rotatable bonds is 16. The predicted molar refractivity (Wildman–Crippen MR) is 164 cm³/mol. The van der Waals surface area contributed by atoms with Gasteiger partial charge in [0, 0.05) is 24.9 Å². The number of carbonyl (C=O) groups excluding carboxylic acids is 4. The minimum Gasteiger partial charge on any atom is -0.448 e. The SMILES string of the molecule is CCC(CC(=O)C(C)(C)C(OC(=O)C(=O)OC(c1ccc(F)cc1)C(C)(C)C(=O)CC(CC)NC)c1ccc(F)cc1)NC. The van der Waals surface area contributed by atoms with Gasteiger partial charge in [-0.3, -0.25) is 9.59 Å². The van der Waals surface area contributed by atoms with Gasteiger partial charge < -0.3 is 20.1 Å². The molecule has 2 rings (SSSR count). The van der Waals surface area contributed by atoms with E-state index in [9.17, 15) is 28.0 Å². The van der Waals surface area contributed by atoms with E-state index in [1.807, 2.05) is 13.8 Å². The Morgan fingerprint density at radius 3 is 1.18 bits per heavy atom. The average Bonchev–Trinajstić information content (AvgIpc) is 3.00. The number of nitrogens with one attached hydrogen (secondary N) is 2. The summed E-state index contributed by atoms with van der Waals surface area (Å²) in [5, 5.41) is 6.15. The lowest BCUT2D eigenvalue weighted by Gasteiger charge is -2.35. The molecule has 0 heterocycles. The van der Waals surface area contributed by atoms with Crippen molar-refractivity contribution < 1.29 is 37.4 Å². The molecule has 0 aliphatic heterocycles. The van der Waals surface area contributed by atoms with Gasteiger partial charge in [-0.1, -0.05) is 38.1 Å². The highest BCUT2D eigenvalue weighted by molar-refractivity contribution is 6.29. The monoisotopic (exact) mass is 616 g/mol. The number of hydrogen-bond acceptors (Lipinski definition) is 8. The van der Waals surface area contributed by atoms with Crippen molar-refractivity contribution in [3.63, 3.8) is 0 Å². The van der Waals surface area contributed by atoms with Crippen LogP contribution in [0.25, 0.3) is 0 Å². The molecular formula is C34H46F2N2O6. The van der Waals surface area contributed by atoms with Gasteiger partial charge in [0.25, 0.3) is 0 Å². The van der Waals surface area contributed by atoms with Gasteiger partial charge in [0.05, 0.1) is 10.8 Å². The summed E-state index contributed by atoms with van der Waals surface area (Å²) in [6.07, 6.45) is -0.895. The van der Waals surface area contributed by atoms with Crippen LogP contribution in [0.5, 0.6) is 0 Å². The number of ether oxygens (including phenoxy) is 2. The third-order valence-corrected chi connectivity index (χ3v) is 8.38. The van der Waals surface area contributed by atoms with E-state index in [0.29, 0.717) is 24.0 Å². The number of carbonyl (C=O) groups is 4. The van der Waals surface area contributed by atoms with Crippen LogP contribution in [0.4, 0.5) is 8.78 Å². The molecule has 0 saturated carbocycles. The Kier molecular flexibility index (Phi) is 13.3. The molecular weight excluding hydrogens is 570 g/mol. The van der Waals surface area contributed by atoms with Crippen LogP contribution in [0.2, 0.25) is 0 Å².